The van der Waals surface area contributed by atoms with Crippen molar-refractivity contribution in [2.45, 2.75) is 25.5 Å². The SMILES string of the molecule is CN(CC1CC(O)C1)c1cccc(CN)n1. The van der Waals surface area contributed by atoms with Crippen LogP contribution in [0.3, 0.4) is 0 Å². The van der Waals surface area contributed by atoms with Crippen molar-refractivity contribution in [2.75, 3.05) is 18.5 Å². The predicted octanol–water partition coefficient (Wildman–Crippen LogP) is 0.747. The fourth-order valence-corrected chi connectivity index (χ4v) is 2.12. The topological polar surface area (TPSA) is 62.4 Å². The highest BCUT2D eigenvalue weighted by molar-refractivity contribution is 5.38. The summed E-state index contributed by atoms with van der Waals surface area (Å²) >= 11 is 0. The van der Waals surface area contributed by atoms with Gasteiger partial charge in [0.25, 0.3) is 0 Å². The van der Waals surface area contributed by atoms with Crippen LogP contribution >= 0.6 is 0 Å². The minimum absolute atomic E-state index is 0.0817. The van der Waals surface area contributed by atoms with Gasteiger partial charge in [-0.3, -0.25) is 0 Å². The number of nitrogens with two attached hydrogens (primary N) is 1. The molecule has 1 saturated carbocycles. The zero-order valence-corrected chi connectivity index (χ0v) is 9.63. The van der Waals surface area contributed by atoms with Gasteiger partial charge in [-0.05, 0) is 30.9 Å². The molecular weight excluding hydrogens is 202 g/mol. The maximum Gasteiger partial charge on any atom is 0.128 e. The van der Waals surface area contributed by atoms with Crippen molar-refractivity contribution in [2.24, 2.45) is 11.7 Å². The zero-order valence-electron chi connectivity index (χ0n) is 9.63. The van der Waals surface area contributed by atoms with Gasteiger partial charge in [0.2, 0.25) is 0 Å². The van der Waals surface area contributed by atoms with Gasteiger partial charge in [-0.1, -0.05) is 6.07 Å². The van der Waals surface area contributed by atoms with Crippen molar-refractivity contribution in [1.82, 2.24) is 4.98 Å². The first kappa shape index (κ1) is 11.4. The Balaban J connectivity index is 1.94. The molecule has 88 valence electrons. The highest BCUT2D eigenvalue weighted by Crippen LogP contribution is 2.28. The van der Waals surface area contributed by atoms with Gasteiger partial charge in [0.15, 0.2) is 0 Å². The molecule has 1 aromatic heterocycles. The van der Waals surface area contributed by atoms with Gasteiger partial charge in [0, 0.05) is 20.1 Å². The van der Waals surface area contributed by atoms with E-state index in [9.17, 15) is 5.11 Å². The van der Waals surface area contributed by atoms with Gasteiger partial charge in [-0.2, -0.15) is 0 Å². The second-order valence-electron chi connectivity index (χ2n) is 4.56. The Bertz CT molecular complexity index is 350. The fraction of sp³-hybridized carbons (Fsp3) is 0.583. The maximum absolute atomic E-state index is 9.23. The number of nitrogens with zero attached hydrogens (tertiary/aromatic N) is 2. The van der Waals surface area contributed by atoms with Gasteiger partial charge in [0.05, 0.1) is 11.8 Å². The van der Waals surface area contributed by atoms with E-state index in [-0.39, 0.29) is 6.10 Å². The number of pyridine rings is 1. The van der Waals surface area contributed by atoms with E-state index in [2.05, 4.69) is 9.88 Å². The number of aliphatic hydroxyl groups excluding tert-OH is 1. The Kier molecular flexibility index (Phi) is 3.41. The van der Waals surface area contributed by atoms with E-state index in [1.54, 1.807) is 0 Å². The van der Waals surface area contributed by atoms with Crippen molar-refractivity contribution in [3.05, 3.63) is 23.9 Å². The molecule has 0 aliphatic heterocycles. The summed E-state index contributed by atoms with van der Waals surface area (Å²) in [6, 6.07) is 5.91. The smallest absolute Gasteiger partial charge is 0.128 e. The van der Waals surface area contributed by atoms with Gasteiger partial charge >= 0.3 is 0 Å². The Morgan fingerprint density at radius 3 is 2.88 bits per heavy atom. The van der Waals surface area contributed by atoms with Crippen LogP contribution in [0.1, 0.15) is 18.5 Å². The summed E-state index contributed by atoms with van der Waals surface area (Å²) in [5.41, 5.74) is 6.48. The van der Waals surface area contributed by atoms with Crippen LogP contribution in [0.15, 0.2) is 18.2 Å². The van der Waals surface area contributed by atoms with E-state index in [0.29, 0.717) is 12.5 Å². The average Bonchev–Trinajstić information content (AvgIpc) is 2.27. The molecule has 0 radical (unpaired) electrons. The molecule has 1 fully saturated rings. The lowest BCUT2D eigenvalue weighted by Crippen LogP contribution is -2.37. The second kappa shape index (κ2) is 4.80. The first-order valence-electron chi connectivity index (χ1n) is 5.74. The molecule has 0 atom stereocenters. The van der Waals surface area contributed by atoms with Crippen molar-refractivity contribution in [1.29, 1.82) is 0 Å². The van der Waals surface area contributed by atoms with Crippen LogP contribution in [0, 0.1) is 5.92 Å². The molecule has 0 saturated heterocycles. The first-order chi connectivity index (χ1) is 7.69. The molecule has 2 rings (SSSR count). The van der Waals surface area contributed by atoms with Crippen LogP contribution in [0.25, 0.3) is 0 Å². The second-order valence-corrected chi connectivity index (χ2v) is 4.56. The summed E-state index contributed by atoms with van der Waals surface area (Å²) in [5.74, 6) is 1.56. The summed E-state index contributed by atoms with van der Waals surface area (Å²) < 4.78 is 0. The molecule has 4 nitrogen and oxygen atoms in total. The predicted molar refractivity (Wildman–Crippen MR) is 64.1 cm³/mol. The number of hydrogen-bond donors (Lipinski definition) is 2. The van der Waals surface area contributed by atoms with Gasteiger partial charge < -0.3 is 15.7 Å². The number of aromatic nitrogens is 1. The van der Waals surface area contributed by atoms with Crippen LogP contribution in [0.5, 0.6) is 0 Å². The molecule has 0 amide bonds. The molecule has 16 heavy (non-hydrogen) atoms. The van der Waals surface area contributed by atoms with Crippen molar-refractivity contribution in [3.8, 4) is 0 Å². The molecule has 1 heterocycles. The largest absolute Gasteiger partial charge is 0.393 e. The Morgan fingerprint density at radius 1 is 1.50 bits per heavy atom. The molecule has 0 unspecified atom stereocenters. The molecule has 1 aliphatic carbocycles. The van der Waals surface area contributed by atoms with Crippen LogP contribution in [0.2, 0.25) is 0 Å². The van der Waals surface area contributed by atoms with Crippen molar-refractivity contribution < 1.29 is 5.11 Å². The molecule has 1 aliphatic rings. The van der Waals surface area contributed by atoms with E-state index in [4.69, 9.17) is 5.73 Å². The standard InChI is InChI=1S/C12H19N3O/c1-15(8-9-5-11(16)6-9)12-4-2-3-10(7-13)14-12/h2-4,9,11,16H,5-8,13H2,1H3. The van der Waals surface area contributed by atoms with Crippen LogP contribution in [-0.4, -0.2) is 29.8 Å². The van der Waals surface area contributed by atoms with Crippen molar-refractivity contribution >= 4 is 5.82 Å². The Morgan fingerprint density at radius 2 is 2.25 bits per heavy atom. The van der Waals surface area contributed by atoms with E-state index in [0.717, 1.165) is 30.9 Å². The number of aliphatic hydroxyl groups is 1. The zero-order chi connectivity index (χ0) is 11.5. The molecular formula is C12H19N3O. The third-order valence-corrected chi connectivity index (χ3v) is 3.14. The highest BCUT2D eigenvalue weighted by atomic mass is 16.3. The Labute approximate surface area is 96.1 Å². The lowest BCUT2D eigenvalue weighted by Gasteiger charge is -2.34. The maximum atomic E-state index is 9.23. The minimum atomic E-state index is -0.0817. The van der Waals surface area contributed by atoms with Gasteiger partial charge in [0.1, 0.15) is 5.82 Å². The number of rotatable bonds is 4. The summed E-state index contributed by atoms with van der Waals surface area (Å²) in [5, 5.41) is 9.23. The molecule has 0 aromatic carbocycles. The molecule has 4 heteroatoms. The monoisotopic (exact) mass is 221 g/mol. The van der Waals surface area contributed by atoms with E-state index in [1.807, 2.05) is 25.2 Å². The molecule has 0 spiro atoms. The normalized spacial score (nSPS) is 23.9. The fourth-order valence-electron chi connectivity index (χ4n) is 2.12. The van der Waals surface area contributed by atoms with Crippen LogP contribution in [-0.2, 0) is 6.54 Å². The van der Waals surface area contributed by atoms with Crippen molar-refractivity contribution in [3.63, 3.8) is 0 Å². The minimum Gasteiger partial charge on any atom is -0.393 e. The average molecular weight is 221 g/mol. The Hall–Kier alpha value is -1.13. The summed E-state index contributed by atoms with van der Waals surface area (Å²) in [4.78, 5) is 6.59. The van der Waals surface area contributed by atoms with E-state index in [1.165, 1.54) is 0 Å². The summed E-state index contributed by atoms with van der Waals surface area (Å²) in [6.45, 7) is 1.43. The van der Waals surface area contributed by atoms with Crippen LogP contribution < -0.4 is 10.6 Å². The third kappa shape index (κ3) is 2.51. The van der Waals surface area contributed by atoms with Crippen LogP contribution in [0.4, 0.5) is 5.82 Å². The molecule has 3 N–H and O–H groups in total. The number of hydrogen-bond acceptors (Lipinski definition) is 4. The number of anilines is 1. The van der Waals surface area contributed by atoms with E-state index >= 15 is 0 Å². The summed E-state index contributed by atoms with van der Waals surface area (Å²) in [7, 11) is 2.04. The summed E-state index contributed by atoms with van der Waals surface area (Å²) in [6.07, 6.45) is 1.75. The lowest BCUT2D eigenvalue weighted by molar-refractivity contribution is 0.0464. The molecule has 0 bridgehead atoms. The van der Waals surface area contributed by atoms with Gasteiger partial charge in [-0.15, -0.1) is 0 Å². The quantitative estimate of drug-likeness (QED) is 0.787. The van der Waals surface area contributed by atoms with Gasteiger partial charge in [-0.25, -0.2) is 4.98 Å². The lowest BCUT2D eigenvalue weighted by atomic mass is 9.82. The highest BCUT2D eigenvalue weighted by Gasteiger charge is 2.28. The first-order valence-corrected chi connectivity index (χ1v) is 5.74. The van der Waals surface area contributed by atoms with E-state index < -0.39 is 0 Å². The third-order valence-electron chi connectivity index (χ3n) is 3.14. The molecule has 1 aromatic rings.